The summed E-state index contributed by atoms with van der Waals surface area (Å²) in [6, 6.07) is 4.60. The minimum Gasteiger partial charge on any atom is -0.435 e. The first-order valence-corrected chi connectivity index (χ1v) is 6.46. The smallest absolute Gasteiger partial charge is 0.227 e. The number of benzene rings is 1. The zero-order valence-electron chi connectivity index (χ0n) is 10.8. The van der Waals surface area contributed by atoms with E-state index in [2.05, 4.69) is 31.2 Å². The summed E-state index contributed by atoms with van der Waals surface area (Å²) in [6.07, 6.45) is 0. The Bertz CT molecular complexity index is 619. The molecule has 2 rings (SSSR count). The maximum Gasteiger partial charge on any atom is 0.227 e. The van der Waals surface area contributed by atoms with Gasteiger partial charge < -0.3 is 10.1 Å². The molecule has 1 N–H and O–H groups in total. The third-order valence-electron chi connectivity index (χ3n) is 2.55. The molecule has 1 aromatic heterocycles. The number of hydrogen-bond acceptors (Lipinski definition) is 4. The van der Waals surface area contributed by atoms with Crippen molar-refractivity contribution >= 4 is 21.7 Å². The average Bonchev–Trinajstić information content (AvgIpc) is 2.36. The van der Waals surface area contributed by atoms with Crippen molar-refractivity contribution in [1.82, 2.24) is 9.97 Å². The zero-order valence-corrected chi connectivity index (χ0v) is 12.4. The molecule has 4 nitrogen and oxygen atoms in total. The summed E-state index contributed by atoms with van der Waals surface area (Å²) in [4.78, 5) is 8.41. The van der Waals surface area contributed by atoms with E-state index in [0.29, 0.717) is 22.0 Å². The highest BCUT2D eigenvalue weighted by Crippen LogP contribution is 2.29. The monoisotopic (exact) mass is 325 g/mol. The SMILES string of the molecule is CNc1nc(C)nc(Oc2ccc(Br)cc2F)c1C. The molecule has 0 spiro atoms. The summed E-state index contributed by atoms with van der Waals surface area (Å²) < 4.78 is 19.9. The Balaban J connectivity index is 2.40. The lowest BCUT2D eigenvalue weighted by Crippen LogP contribution is -2.03. The van der Waals surface area contributed by atoms with E-state index in [4.69, 9.17) is 4.74 Å². The first-order chi connectivity index (χ1) is 9.01. The molecule has 19 heavy (non-hydrogen) atoms. The molecule has 0 saturated heterocycles. The van der Waals surface area contributed by atoms with Gasteiger partial charge in [0.2, 0.25) is 5.88 Å². The topological polar surface area (TPSA) is 47.0 Å². The van der Waals surface area contributed by atoms with E-state index in [1.807, 2.05) is 6.92 Å². The van der Waals surface area contributed by atoms with E-state index in [1.54, 1.807) is 26.1 Å². The molecule has 1 heterocycles. The molecule has 0 amide bonds. The number of rotatable bonds is 3. The number of aryl methyl sites for hydroxylation is 1. The average molecular weight is 326 g/mol. The minimum atomic E-state index is -0.448. The van der Waals surface area contributed by atoms with Gasteiger partial charge in [0.15, 0.2) is 11.6 Å². The maximum absolute atomic E-state index is 13.7. The molecule has 1 aromatic carbocycles. The lowest BCUT2D eigenvalue weighted by molar-refractivity contribution is 0.422. The van der Waals surface area contributed by atoms with Crippen LogP contribution in [-0.4, -0.2) is 17.0 Å². The molecular formula is C13H13BrFN3O. The maximum atomic E-state index is 13.7. The Morgan fingerprint density at radius 2 is 2.00 bits per heavy atom. The normalized spacial score (nSPS) is 10.4. The van der Waals surface area contributed by atoms with Crippen molar-refractivity contribution < 1.29 is 9.13 Å². The molecule has 2 aromatic rings. The lowest BCUT2D eigenvalue weighted by atomic mass is 10.3. The van der Waals surface area contributed by atoms with Gasteiger partial charge in [-0.15, -0.1) is 0 Å². The van der Waals surface area contributed by atoms with Gasteiger partial charge in [-0.05, 0) is 32.0 Å². The number of ether oxygens (including phenoxy) is 1. The van der Waals surface area contributed by atoms with Crippen LogP contribution in [0.3, 0.4) is 0 Å². The summed E-state index contributed by atoms with van der Waals surface area (Å²) in [6.45, 7) is 3.57. The number of aromatic nitrogens is 2. The second kappa shape index (κ2) is 5.52. The van der Waals surface area contributed by atoms with Crippen LogP contribution in [0.5, 0.6) is 11.6 Å². The van der Waals surface area contributed by atoms with E-state index in [-0.39, 0.29) is 5.75 Å². The second-order valence-electron chi connectivity index (χ2n) is 3.98. The van der Waals surface area contributed by atoms with Gasteiger partial charge in [-0.2, -0.15) is 4.98 Å². The number of hydrogen-bond donors (Lipinski definition) is 1. The number of nitrogens with zero attached hydrogens (tertiary/aromatic N) is 2. The largest absolute Gasteiger partial charge is 0.435 e. The van der Waals surface area contributed by atoms with Gasteiger partial charge >= 0.3 is 0 Å². The van der Waals surface area contributed by atoms with Crippen molar-refractivity contribution in [3.8, 4) is 11.6 Å². The van der Waals surface area contributed by atoms with Crippen LogP contribution in [0.2, 0.25) is 0 Å². The van der Waals surface area contributed by atoms with Crippen molar-refractivity contribution in [3.63, 3.8) is 0 Å². The molecule has 100 valence electrons. The molecule has 6 heteroatoms. The minimum absolute atomic E-state index is 0.131. The van der Waals surface area contributed by atoms with Gasteiger partial charge in [0.05, 0.1) is 5.56 Å². The predicted octanol–water partition coefficient (Wildman–Crippen LogP) is 3.83. The van der Waals surface area contributed by atoms with Gasteiger partial charge in [-0.3, -0.25) is 0 Å². The van der Waals surface area contributed by atoms with Crippen molar-refractivity contribution in [2.75, 3.05) is 12.4 Å². The second-order valence-corrected chi connectivity index (χ2v) is 4.89. The Kier molecular flexibility index (Phi) is 3.99. The number of halogens is 2. The number of nitrogens with one attached hydrogen (secondary N) is 1. The molecule has 0 aliphatic carbocycles. The Morgan fingerprint density at radius 1 is 1.26 bits per heavy atom. The molecular weight excluding hydrogens is 313 g/mol. The van der Waals surface area contributed by atoms with Crippen LogP contribution in [0.25, 0.3) is 0 Å². The van der Waals surface area contributed by atoms with Gasteiger partial charge in [0.1, 0.15) is 11.6 Å². The quantitative estimate of drug-likeness (QED) is 0.931. The summed E-state index contributed by atoms with van der Waals surface area (Å²) in [5.41, 5.74) is 0.732. The molecule has 0 atom stereocenters. The first kappa shape index (κ1) is 13.7. The molecule has 0 saturated carbocycles. The summed E-state index contributed by atoms with van der Waals surface area (Å²) >= 11 is 3.20. The third kappa shape index (κ3) is 3.01. The van der Waals surface area contributed by atoms with E-state index in [9.17, 15) is 4.39 Å². The van der Waals surface area contributed by atoms with Crippen molar-refractivity contribution in [2.24, 2.45) is 0 Å². The Labute approximate surface area is 119 Å². The van der Waals surface area contributed by atoms with Crippen molar-refractivity contribution in [1.29, 1.82) is 0 Å². The zero-order chi connectivity index (χ0) is 14.0. The van der Waals surface area contributed by atoms with Crippen LogP contribution in [0.1, 0.15) is 11.4 Å². The van der Waals surface area contributed by atoms with Crippen molar-refractivity contribution in [2.45, 2.75) is 13.8 Å². The highest BCUT2D eigenvalue weighted by Gasteiger charge is 2.12. The lowest BCUT2D eigenvalue weighted by Gasteiger charge is -2.12. The summed E-state index contributed by atoms with van der Waals surface area (Å²) in [5, 5.41) is 2.95. The fraction of sp³-hybridized carbons (Fsp3) is 0.231. The molecule has 0 aliphatic heterocycles. The van der Waals surface area contributed by atoms with E-state index < -0.39 is 5.82 Å². The van der Waals surface area contributed by atoms with Gasteiger partial charge in [0, 0.05) is 11.5 Å². The highest BCUT2D eigenvalue weighted by molar-refractivity contribution is 9.10. The molecule has 0 radical (unpaired) electrons. The molecule has 0 bridgehead atoms. The van der Waals surface area contributed by atoms with Gasteiger partial charge in [0.25, 0.3) is 0 Å². The molecule has 0 unspecified atom stereocenters. The van der Waals surface area contributed by atoms with Crippen molar-refractivity contribution in [3.05, 3.63) is 39.9 Å². The number of anilines is 1. The molecule has 0 aliphatic rings. The van der Waals surface area contributed by atoms with E-state index in [1.165, 1.54) is 6.07 Å². The van der Waals surface area contributed by atoms with Gasteiger partial charge in [-0.25, -0.2) is 9.37 Å². The Morgan fingerprint density at radius 3 is 2.63 bits per heavy atom. The fourth-order valence-electron chi connectivity index (χ4n) is 1.61. The van der Waals surface area contributed by atoms with Crippen LogP contribution in [0, 0.1) is 19.7 Å². The van der Waals surface area contributed by atoms with Crippen LogP contribution < -0.4 is 10.1 Å². The van der Waals surface area contributed by atoms with Crippen LogP contribution in [0.4, 0.5) is 10.2 Å². The molecule has 0 fully saturated rings. The van der Waals surface area contributed by atoms with Crippen LogP contribution in [0.15, 0.2) is 22.7 Å². The first-order valence-electron chi connectivity index (χ1n) is 5.67. The fourth-order valence-corrected chi connectivity index (χ4v) is 1.94. The van der Waals surface area contributed by atoms with Crippen LogP contribution >= 0.6 is 15.9 Å². The standard InChI is InChI=1S/C13H13BrFN3O/c1-7-12(16-3)17-8(2)18-13(7)19-11-5-4-9(14)6-10(11)15/h4-6H,1-3H3,(H,16,17,18). The van der Waals surface area contributed by atoms with E-state index >= 15 is 0 Å². The highest BCUT2D eigenvalue weighted by atomic mass is 79.9. The summed E-state index contributed by atoms with van der Waals surface area (Å²) in [7, 11) is 1.76. The predicted molar refractivity (Wildman–Crippen MR) is 75.2 cm³/mol. The third-order valence-corrected chi connectivity index (χ3v) is 3.04. The Hall–Kier alpha value is -1.69. The van der Waals surface area contributed by atoms with Crippen LogP contribution in [-0.2, 0) is 0 Å². The summed E-state index contributed by atoms with van der Waals surface area (Å²) in [5.74, 6) is 1.25. The van der Waals surface area contributed by atoms with Gasteiger partial charge in [-0.1, -0.05) is 15.9 Å². The van der Waals surface area contributed by atoms with E-state index in [0.717, 1.165) is 5.56 Å².